The summed E-state index contributed by atoms with van der Waals surface area (Å²) in [4.78, 5) is 20.8. The number of anilines is 1. The molecular weight excluding hydrogens is 282 g/mol. The lowest BCUT2D eigenvalue weighted by molar-refractivity contribution is -0.139. The quantitative estimate of drug-likeness (QED) is 0.869. The molecule has 3 heterocycles. The van der Waals surface area contributed by atoms with E-state index in [1.54, 1.807) is 17.1 Å². The lowest BCUT2D eigenvalue weighted by Gasteiger charge is -2.27. The van der Waals surface area contributed by atoms with Crippen LogP contribution in [0.2, 0.25) is 0 Å². The highest BCUT2D eigenvalue weighted by molar-refractivity contribution is 5.92. The second-order valence-corrected chi connectivity index (χ2v) is 5.02. The largest absolute Gasteiger partial charge is 0.462 e. The Morgan fingerprint density at radius 2 is 2.36 bits per heavy atom. The number of hydrogen-bond acceptors (Lipinski definition) is 6. The van der Waals surface area contributed by atoms with Crippen LogP contribution >= 0.6 is 0 Å². The van der Waals surface area contributed by atoms with Crippen molar-refractivity contribution in [1.29, 1.82) is 0 Å². The molecule has 1 aliphatic rings. The zero-order chi connectivity index (χ0) is 15.5. The van der Waals surface area contributed by atoms with E-state index in [4.69, 9.17) is 4.74 Å². The fraction of sp³-hybridized carbons (Fsp3) is 0.333. The van der Waals surface area contributed by atoms with Gasteiger partial charge in [-0.3, -0.25) is 4.98 Å². The second-order valence-electron chi connectivity index (χ2n) is 5.02. The van der Waals surface area contributed by atoms with Gasteiger partial charge in [0.15, 0.2) is 0 Å². The third-order valence-electron chi connectivity index (χ3n) is 3.45. The van der Waals surface area contributed by atoms with E-state index in [2.05, 4.69) is 20.4 Å². The van der Waals surface area contributed by atoms with Crippen molar-refractivity contribution in [2.45, 2.75) is 26.3 Å². The smallest absolute Gasteiger partial charge is 0.338 e. The maximum Gasteiger partial charge on any atom is 0.338 e. The number of carbonyl (C=O) groups is 1. The predicted molar refractivity (Wildman–Crippen MR) is 80.0 cm³/mol. The highest BCUT2D eigenvalue weighted by Gasteiger charge is 2.34. The molecule has 7 nitrogen and oxygen atoms in total. The number of fused-ring (bicyclic) bond motifs is 1. The number of carbonyl (C=O) groups excluding carboxylic acids is 1. The molecule has 2 aromatic heterocycles. The summed E-state index contributed by atoms with van der Waals surface area (Å²) in [5.74, 6) is 0.250. The van der Waals surface area contributed by atoms with Gasteiger partial charge in [0.25, 0.3) is 0 Å². The van der Waals surface area contributed by atoms with Gasteiger partial charge < -0.3 is 10.1 Å². The van der Waals surface area contributed by atoms with Crippen LogP contribution in [0.5, 0.6) is 0 Å². The van der Waals surface area contributed by atoms with Crippen molar-refractivity contribution in [2.24, 2.45) is 0 Å². The number of nitrogens with zero attached hydrogens (tertiary/aromatic N) is 4. The second kappa shape index (κ2) is 5.97. The van der Waals surface area contributed by atoms with Crippen LogP contribution in [-0.2, 0) is 9.53 Å². The third kappa shape index (κ3) is 2.45. The van der Waals surface area contributed by atoms with Gasteiger partial charge in [-0.1, -0.05) is 13.0 Å². The minimum absolute atomic E-state index is 0.346. The van der Waals surface area contributed by atoms with Crippen molar-refractivity contribution in [3.8, 4) is 0 Å². The van der Waals surface area contributed by atoms with Gasteiger partial charge in [0, 0.05) is 18.1 Å². The number of rotatable bonds is 4. The summed E-state index contributed by atoms with van der Waals surface area (Å²) in [5, 5.41) is 7.33. The van der Waals surface area contributed by atoms with Gasteiger partial charge in [0.1, 0.15) is 12.4 Å². The molecule has 0 amide bonds. The van der Waals surface area contributed by atoms with Crippen LogP contribution in [0.3, 0.4) is 0 Å². The molecule has 1 atom stereocenters. The summed E-state index contributed by atoms with van der Waals surface area (Å²) in [7, 11) is 0. The first-order chi connectivity index (χ1) is 10.7. The van der Waals surface area contributed by atoms with Crippen LogP contribution in [0.25, 0.3) is 0 Å². The van der Waals surface area contributed by atoms with E-state index < -0.39 is 6.04 Å². The predicted octanol–water partition coefficient (Wildman–Crippen LogP) is 1.92. The van der Waals surface area contributed by atoms with E-state index in [1.807, 2.05) is 26.0 Å². The topological polar surface area (TPSA) is 81.9 Å². The van der Waals surface area contributed by atoms with Crippen LogP contribution in [0.15, 0.2) is 42.1 Å². The summed E-state index contributed by atoms with van der Waals surface area (Å²) in [6, 6.07) is 3.35. The molecule has 0 bridgehead atoms. The molecule has 0 saturated heterocycles. The first kappa shape index (κ1) is 14.2. The van der Waals surface area contributed by atoms with Gasteiger partial charge in [-0.05, 0) is 25.0 Å². The Morgan fingerprint density at radius 1 is 1.50 bits per heavy atom. The lowest BCUT2D eigenvalue weighted by atomic mass is 9.97. The molecule has 2 aromatic rings. The molecule has 3 rings (SSSR count). The van der Waals surface area contributed by atoms with Crippen LogP contribution in [0.4, 0.5) is 5.95 Å². The Balaban J connectivity index is 2.06. The van der Waals surface area contributed by atoms with E-state index >= 15 is 0 Å². The minimum atomic E-state index is -0.392. The molecule has 0 saturated carbocycles. The van der Waals surface area contributed by atoms with Gasteiger partial charge in [-0.15, -0.1) is 0 Å². The van der Waals surface area contributed by atoms with E-state index in [9.17, 15) is 4.79 Å². The summed E-state index contributed by atoms with van der Waals surface area (Å²) >= 11 is 0. The van der Waals surface area contributed by atoms with Crippen LogP contribution in [0.1, 0.15) is 31.9 Å². The average Bonchev–Trinajstić information content (AvgIpc) is 2.99. The molecule has 0 fully saturated rings. The maximum absolute atomic E-state index is 12.5. The van der Waals surface area contributed by atoms with E-state index in [1.165, 1.54) is 6.33 Å². The minimum Gasteiger partial charge on any atom is -0.462 e. The molecule has 0 spiro atoms. The number of allylic oxidation sites excluding steroid dienone is 1. The van der Waals surface area contributed by atoms with Crippen LogP contribution in [-0.4, -0.2) is 32.3 Å². The number of pyridine rings is 1. The standard InChI is InChI=1S/C15H17N5O2/c1-3-7-22-14(21)12-10(2)19-15-17-9-18-20(15)13(12)11-5-4-6-16-8-11/h4-6,8-9,13H,3,7H2,1-2H3,(H,17,18,19). The summed E-state index contributed by atoms with van der Waals surface area (Å²) in [6.07, 6.45) is 5.65. The van der Waals surface area contributed by atoms with Crippen molar-refractivity contribution in [2.75, 3.05) is 11.9 Å². The lowest BCUT2D eigenvalue weighted by Crippen LogP contribution is -2.29. The number of ether oxygens (including phenoxy) is 1. The van der Waals surface area contributed by atoms with Gasteiger partial charge in [-0.25, -0.2) is 9.48 Å². The fourth-order valence-electron chi connectivity index (χ4n) is 2.47. The maximum atomic E-state index is 12.5. The van der Waals surface area contributed by atoms with E-state index in [-0.39, 0.29) is 5.97 Å². The summed E-state index contributed by atoms with van der Waals surface area (Å²) in [5.41, 5.74) is 2.11. The average molecular weight is 299 g/mol. The fourth-order valence-corrected chi connectivity index (χ4v) is 2.47. The Morgan fingerprint density at radius 3 is 3.09 bits per heavy atom. The summed E-state index contributed by atoms with van der Waals surface area (Å²) in [6.45, 7) is 4.19. The highest BCUT2D eigenvalue weighted by atomic mass is 16.5. The first-order valence-corrected chi connectivity index (χ1v) is 7.16. The first-order valence-electron chi connectivity index (χ1n) is 7.16. The highest BCUT2D eigenvalue weighted by Crippen LogP contribution is 2.34. The molecule has 0 aromatic carbocycles. The zero-order valence-corrected chi connectivity index (χ0v) is 12.5. The number of esters is 1. The number of nitrogens with one attached hydrogen (secondary N) is 1. The Kier molecular flexibility index (Phi) is 3.86. The molecule has 1 aliphatic heterocycles. The Hall–Kier alpha value is -2.70. The molecular formula is C15H17N5O2. The van der Waals surface area contributed by atoms with E-state index in [0.717, 1.165) is 17.7 Å². The molecule has 0 radical (unpaired) electrons. The zero-order valence-electron chi connectivity index (χ0n) is 12.5. The van der Waals surface area contributed by atoms with E-state index in [0.29, 0.717) is 18.1 Å². The molecule has 22 heavy (non-hydrogen) atoms. The van der Waals surface area contributed by atoms with Crippen molar-refractivity contribution < 1.29 is 9.53 Å². The third-order valence-corrected chi connectivity index (χ3v) is 3.45. The number of hydrogen-bond donors (Lipinski definition) is 1. The Bertz CT molecular complexity index is 708. The molecule has 1 unspecified atom stereocenters. The molecule has 0 aliphatic carbocycles. The van der Waals surface area contributed by atoms with Crippen molar-refractivity contribution in [3.05, 3.63) is 47.7 Å². The van der Waals surface area contributed by atoms with Gasteiger partial charge in [-0.2, -0.15) is 10.1 Å². The van der Waals surface area contributed by atoms with Gasteiger partial charge in [0.05, 0.1) is 12.2 Å². The Labute approximate surface area is 128 Å². The number of aromatic nitrogens is 4. The molecule has 1 N–H and O–H groups in total. The monoisotopic (exact) mass is 299 g/mol. The summed E-state index contributed by atoms with van der Waals surface area (Å²) < 4.78 is 7.00. The normalized spacial score (nSPS) is 16.9. The van der Waals surface area contributed by atoms with Crippen molar-refractivity contribution >= 4 is 11.9 Å². The van der Waals surface area contributed by atoms with Crippen LogP contribution < -0.4 is 5.32 Å². The van der Waals surface area contributed by atoms with Gasteiger partial charge in [0.2, 0.25) is 5.95 Å². The van der Waals surface area contributed by atoms with Crippen molar-refractivity contribution in [1.82, 2.24) is 19.7 Å². The molecule has 114 valence electrons. The van der Waals surface area contributed by atoms with Crippen molar-refractivity contribution in [3.63, 3.8) is 0 Å². The SMILES string of the molecule is CCCOC(=O)C1=C(C)Nc2ncnn2C1c1cccnc1. The van der Waals surface area contributed by atoms with Crippen LogP contribution in [0, 0.1) is 0 Å². The molecule has 7 heteroatoms. The van der Waals surface area contributed by atoms with Gasteiger partial charge >= 0.3 is 5.97 Å².